The highest BCUT2D eigenvalue weighted by Crippen LogP contribution is 2.31. The number of phenols is 1. The second-order valence-electron chi connectivity index (χ2n) is 3.39. The van der Waals surface area contributed by atoms with Crippen molar-refractivity contribution in [3.63, 3.8) is 0 Å². The van der Waals surface area contributed by atoms with E-state index in [2.05, 4.69) is 15.9 Å². The first-order valence-electron chi connectivity index (χ1n) is 4.32. The van der Waals surface area contributed by atoms with Gasteiger partial charge in [-0.1, -0.05) is 18.5 Å². The van der Waals surface area contributed by atoms with Crippen molar-refractivity contribution in [2.24, 2.45) is 5.92 Å². The summed E-state index contributed by atoms with van der Waals surface area (Å²) in [6.45, 7) is 2.03. The molecule has 0 saturated heterocycles. The fraction of sp³-hybridized carbons (Fsp3) is 0.400. The van der Waals surface area contributed by atoms with E-state index in [4.69, 9.17) is 16.7 Å². The van der Waals surface area contributed by atoms with E-state index in [-0.39, 0.29) is 18.3 Å². The van der Waals surface area contributed by atoms with E-state index in [9.17, 15) is 5.11 Å². The summed E-state index contributed by atoms with van der Waals surface area (Å²) in [5.74, 6) is 0.312. The monoisotopic (exact) mass is 278 g/mol. The topological polar surface area (TPSA) is 40.5 Å². The number of aliphatic hydroxyl groups excluding tert-OH is 1. The Morgan fingerprint density at radius 3 is 2.71 bits per heavy atom. The Morgan fingerprint density at radius 1 is 1.50 bits per heavy atom. The van der Waals surface area contributed by atoms with Crippen molar-refractivity contribution in [3.05, 3.63) is 27.2 Å². The third-order valence-corrected chi connectivity index (χ3v) is 3.20. The molecule has 14 heavy (non-hydrogen) atoms. The first-order chi connectivity index (χ1) is 6.54. The maximum absolute atomic E-state index is 9.57. The van der Waals surface area contributed by atoms with Crippen LogP contribution in [-0.2, 0) is 6.42 Å². The Hall–Kier alpha value is -0.250. The van der Waals surface area contributed by atoms with Crippen LogP contribution in [0.2, 0.25) is 5.02 Å². The minimum absolute atomic E-state index is 0.111. The summed E-state index contributed by atoms with van der Waals surface area (Å²) in [4.78, 5) is 0. The molecule has 0 heterocycles. The van der Waals surface area contributed by atoms with E-state index in [1.54, 1.807) is 6.07 Å². The summed E-state index contributed by atoms with van der Waals surface area (Å²) < 4.78 is 0.761. The zero-order chi connectivity index (χ0) is 10.7. The lowest BCUT2D eigenvalue weighted by Crippen LogP contribution is -2.04. The molecule has 1 atom stereocenters. The SMILES string of the molecule is CC(CO)Cc1cc(Br)c(Cl)cc1O. The lowest BCUT2D eigenvalue weighted by Gasteiger charge is -2.10. The Labute approximate surface area is 96.7 Å². The third-order valence-electron chi connectivity index (χ3n) is 2.00. The molecule has 78 valence electrons. The Morgan fingerprint density at radius 2 is 2.14 bits per heavy atom. The molecule has 0 aromatic heterocycles. The number of phenolic OH excluding ortho intramolecular Hbond substituents is 1. The average Bonchev–Trinajstić information content (AvgIpc) is 2.14. The summed E-state index contributed by atoms with van der Waals surface area (Å²) >= 11 is 9.09. The normalized spacial score (nSPS) is 12.9. The summed E-state index contributed by atoms with van der Waals surface area (Å²) in [7, 11) is 0. The van der Waals surface area contributed by atoms with Gasteiger partial charge in [-0.3, -0.25) is 0 Å². The van der Waals surface area contributed by atoms with Crippen LogP contribution >= 0.6 is 27.5 Å². The number of aromatic hydroxyl groups is 1. The van der Waals surface area contributed by atoms with Crippen LogP contribution in [0.5, 0.6) is 5.75 Å². The van der Waals surface area contributed by atoms with Crippen LogP contribution < -0.4 is 0 Å². The highest BCUT2D eigenvalue weighted by molar-refractivity contribution is 9.10. The highest BCUT2D eigenvalue weighted by atomic mass is 79.9. The first-order valence-corrected chi connectivity index (χ1v) is 5.49. The van der Waals surface area contributed by atoms with Crippen LogP contribution in [0.25, 0.3) is 0 Å². The van der Waals surface area contributed by atoms with Gasteiger partial charge in [0.25, 0.3) is 0 Å². The molecule has 0 aliphatic heterocycles. The van der Waals surface area contributed by atoms with Gasteiger partial charge < -0.3 is 10.2 Å². The predicted octanol–water partition coefficient (Wildman–Crippen LogP) is 2.98. The molecule has 0 aliphatic carbocycles. The number of benzene rings is 1. The number of halogens is 2. The summed E-state index contributed by atoms with van der Waals surface area (Å²) in [6.07, 6.45) is 0.637. The fourth-order valence-electron chi connectivity index (χ4n) is 1.18. The van der Waals surface area contributed by atoms with E-state index < -0.39 is 0 Å². The van der Waals surface area contributed by atoms with Gasteiger partial charge in [0, 0.05) is 11.1 Å². The number of hydrogen-bond donors (Lipinski definition) is 2. The minimum Gasteiger partial charge on any atom is -0.508 e. The predicted molar refractivity (Wildman–Crippen MR) is 60.8 cm³/mol. The van der Waals surface area contributed by atoms with Gasteiger partial charge >= 0.3 is 0 Å². The molecule has 1 unspecified atom stereocenters. The number of rotatable bonds is 3. The van der Waals surface area contributed by atoms with Crippen LogP contribution in [0.1, 0.15) is 12.5 Å². The molecule has 2 N–H and O–H groups in total. The minimum atomic E-state index is 0.111. The molecule has 0 radical (unpaired) electrons. The van der Waals surface area contributed by atoms with Gasteiger partial charge in [0.05, 0.1) is 5.02 Å². The van der Waals surface area contributed by atoms with Crippen molar-refractivity contribution in [2.45, 2.75) is 13.3 Å². The molecular weight excluding hydrogens is 267 g/mol. The van der Waals surface area contributed by atoms with Gasteiger partial charge in [-0.25, -0.2) is 0 Å². The average molecular weight is 280 g/mol. The molecule has 0 amide bonds. The largest absolute Gasteiger partial charge is 0.508 e. The molecule has 0 bridgehead atoms. The van der Waals surface area contributed by atoms with Crippen molar-refractivity contribution in [1.29, 1.82) is 0 Å². The van der Waals surface area contributed by atoms with Crippen LogP contribution in [0, 0.1) is 5.92 Å². The molecule has 0 aliphatic rings. The molecular formula is C10H12BrClO2. The van der Waals surface area contributed by atoms with Crippen molar-refractivity contribution in [1.82, 2.24) is 0 Å². The maximum Gasteiger partial charge on any atom is 0.120 e. The van der Waals surface area contributed by atoms with Crippen LogP contribution in [0.4, 0.5) is 0 Å². The van der Waals surface area contributed by atoms with E-state index >= 15 is 0 Å². The Bertz CT molecular complexity index is 328. The molecule has 1 aromatic carbocycles. The lowest BCUT2D eigenvalue weighted by atomic mass is 10.0. The second kappa shape index (κ2) is 5.01. The zero-order valence-corrected chi connectivity index (χ0v) is 10.1. The van der Waals surface area contributed by atoms with Crippen LogP contribution in [-0.4, -0.2) is 16.8 Å². The van der Waals surface area contributed by atoms with Crippen molar-refractivity contribution < 1.29 is 10.2 Å². The summed E-state index contributed by atoms with van der Waals surface area (Å²) in [5, 5.41) is 19.0. The van der Waals surface area contributed by atoms with Crippen molar-refractivity contribution in [3.8, 4) is 5.75 Å². The molecule has 2 nitrogen and oxygen atoms in total. The fourth-order valence-corrected chi connectivity index (χ4v) is 1.73. The standard InChI is InChI=1S/C10H12BrClO2/c1-6(5-13)2-7-3-8(11)9(12)4-10(7)14/h3-4,6,13-14H,2,5H2,1H3. The van der Waals surface area contributed by atoms with Gasteiger partial charge in [0.15, 0.2) is 0 Å². The molecule has 0 spiro atoms. The first kappa shape index (κ1) is 11.8. The molecule has 0 saturated carbocycles. The zero-order valence-electron chi connectivity index (χ0n) is 7.80. The maximum atomic E-state index is 9.57. The van der Waals surface area contributed by atoms with E-state index in [0.717, 1.165) is 10.0 Å². The lowest BCUT2D eigenvalue weighted by molar-refractivity contribution is 0.236. The highest BCUT2D eigenvalue weighted by Gasteiger charge is 2.09. The molecule has 1 aromatic rings. The quantitative estimate of drug-likeness (QED) is 0.893. The van der Waals surface area contributed by atoms with E-state index in [1.165, 1.54) is 6.07 Å². The van der Waals surface area contributed by atoms with Crippen LogP contribution in [0.3, 0.4) is 0 Å². The smallest absolute Gasteiger partial charge is 0.120 e. The summed E-state index contributed by atoms with van der Waals surface area (Å²) in [6, 6.07) is 3.29. The van der Waals surface area contributed by atoms with Crippen molar-refractivity contribution >= 4 is 27.5 Å². The number of aliphatic hydroxyl groups is 1. The Balaban J connectivity index is 2.92. The third kappa shape index (κ3) is 2.87. The van der Waals surface area contributed by atoms with E-state index in [0.29, 0.717) is 11.4 Å². The van der Waals surface area contributed by atoms with Crippen LogP contribution in [0.15, 0.2) is 16.6 Å². The van der Waals surface area contributed by atoms with Gasteiger partial charge in [-0.2, -0.15) is 0 Å². The molecule has 0 fully saturated rings. The van der Waals surface area contributed by atoms with Gasteiger partial charge in [0.1, 0.15) is 5.75 Å². The van der Waals surface area contributed by atoms with E-state index in [1.807, 2.05) is 6.92 Å². The molecule has 1 rings (SSSR count). The molecule has 4 heteroatoms. The summed E-state index contributed by atoms with van der Waals surface area (Å²) in [5.41, 5.74) is 0.794. The van der Waals surface area contributed by atoms with Gasteiger partial charge in [0.2, 0.25) is 0 Å². The Kier molecular flexibility index (Phi) is 4.23. The number of hydrogen-bond acceptors (Lipinski definition) is 2. The van der Waals surface area contributed by atoms with Crippen molar-refractivity contribution in [2.75, 3.05) is 6.61 Å². The van der Waals surface area contributed by atoms with Gasteiger partial charge in [-0.05, 0) is 46.0 Å². The second-order valence-corrected chi connectivity index (χ2v) is 4.65. The van der Waals surface area contributed by atoms with Gasteiger partial charge in [-0.15, -0.1) is 0 Å².